The highest BCUT2D eigenvalue weighted by Crippen LogP contribution is 2.45. The third-order valence-electron chi connectivity index (χ3n) is 9.04. The maximum absolute atomic E-state index is 9.45. The second-order valence-corrected chi connectivity index (χ2v) is 11.9. The third kappa shape index (κ3) is 3.63. The fourth-order valence-electron chi connectivity index (χ4n) is 7.21. The molecule has 0 N–H and O–H groups in total. The monoisotopic (exact) mass is 542 g/mol. The van der Waals surface area contributed by atoms with Crippen LogP contribution >= 0.6 is 0 Å². The van der Waals surface area contributed by atoms with Crippen LogP contribution in [0.1, 0.15) is 42.7 Å². The van der Waals surface area contributed by atoms with Gasteiger partial charge in [-0.2, -0.15) is 5.26 Å². The Labute approximate surface area is 245 Å². The van der Waals surface area contributed by atoms with Gasteiger partial charge in [-0.1, -0.05) is 67.6 Å². The normalized spacial score (nSPS) is 20.0. The van der Waals surface area contributed by atoms with Crippen molar-refractivity contribution in [2.75, 3.05) is 0 Å². The predicted octanol–water partition coefficient (Wildman–Crippen LogP) is 8.96. The number of rotatable bonds is 3. The van der Waals surface area contributed by atoms with Gasteiger partial charge in [0, 0.05) is 45.7 Å². The van der Waals surface area contributed by atoms with Gasteiger partial charge in [0.15, 0.2) is 0 Å². The molecule has 2 unspecified atom stereocenters. The number of allylic oxidation sites excluding steroid dienone is 5. The average molecular weight is 543 g/mol. The van der Waals surface area contributed by atoms with E-state index < -0.39 is 0 Å². The molecular formula is C38H30N4. The van der Waals surface area contributed by atoms with Crippen LogP contribution in [-0.4, -0.2) is 14.1 Å². The fourth-order valence-corrected chi connectivity index (χ4v) is 7.21. The summed E-state index contributed by atoms with van der Waals surface area (Å²) in [4.78, 5) is 4.90. The van der Waals surface area contributed by atoms with Crippen molar-refractivity contribution in [1.29, 1.82) is 5.26 Å². The van der Waals surface area contributed by atoms with E-state index in [1.54, 1.807) is 0 Å². The highest BCUT2D eigenvalue weighted by Gasteiger charge is 2.35. The third-order valence-corrected chi connectivity index (χ3v) is 9.04. The van der Waals surface area contributed by atoms with Crippen LogP contribution in [0.2, 0.25) is 0 Å². The van der Waals surface area contributed by atoms with E-state index in [0.717, 1.165) is 40.5 Å². The van der Waals surface area contributed by atoms with Crippen LogP contribution in [0, 0.1) is 17.2 Å². The van der Waals surface area contributed by atoms with E-state index in [1.807, 2.05) is 24.4 Å². The molecule has 3 heterocycles. The summed E-state index contributed by atoms with van der Waals surface area (Å²) >= 11 is 0. The van der Waals surface area contributed by atoms with Crippen LogP contribution in [0.3, 0.4) is 0 Å². The first-order valence-electron chi connectivity index (χ1n) is 14.6. The maximum Gasteiger partial charge on any atom is 0.145 e. The first-order valence-corrected chi connectivity index (χ1v) is 14.6. The van der Waals surface area contributed by atoms with E-state index in [-0.39, 0.29) is 5.54 Å². The molecular weight excluding hydrogens is 512 g/mol. The molecule has 3 aromatic carbocycles. The molecule has 0 saturated heterocycles. The van der Waals surface area contributed by atoms with Crippen LogP contribution in [0.4, 0.5) is 0 Å². The zero-order chi connectivity index (χ0) is 28.4. The fraction of sp³-hybridized carbons (Fsp3) is 0.158. The number of pyridine rings is 1. The van der Waals surface area contributed by atoms with Crippen LogP contribution < -0.4 is 0 Å². The Bertz CT molecular complexity index is 2130. The highest BCUT2D eigenvalue weighted by molar-refractivity contribution is 6.09. The SMILES string of the molecule is CC1C=Cc2c(c3ccccc3n2C2(C)C=C(c3ccc(C#N)cc3)C=C(n3c4ccccc4c4cccnc43)C2)C1. The summed E-state index contributed by atoms with van der Waals surface area (Å²) in [6, 6.07) is 31.9. The molecule has 8 rings (SSSR count). The quantitative estimate of drug-likeness (QED) is 0.224. The van der Waals surface area contributed by atoms with Gasteiger partial charge in [0.1, 0.15) is 5.65 Å². The second-order valence-electron chi connectivity index (χ2n) is 11.9. The molecule has 202 valence electrons. The zero-order valence-electron chi connectivity index (χ0n) is 23.8. The Morgan fingerprint density at radius 2 is 1.62 bits per heavy atom. The number of para-hydroxylation sites is 2. The van der Waals surface area contributed by atoms with Crippen LogP contribution in [0.15, 0.2) is 109 Å². The molecule has 0 amide bonds. The molecule has 2 atom stereocenters. The topological polar surface area (TPSA) is 46.5 Å². The average Bonchev–Trinajstić information content (AvgIpc) is 3.54. The lowest BCUT2D eigenvalue weighted by Crippen LogP contribution is -2.32. The summed E-state index contributed by atoms with van der Waals surface area (Å²) in [6.07, 6.45) is 13.2. The lowest BCUT2D eigenvalue weighted by Gasteiger charge is -2.37. The molecule has 3 aromatic heterocycles. The molecule has 0 spiro atoms. The molecule has 0 saturated carbocycles. The van der Waals surface area contributed by atoms with E-state index in [1.165, 1.54) is 33.2 Å². The van der Waals surface area contributed by atoms with Crippen molar-refractivity contribution in [3.8, 4) is 6.07 Å². The summed E-state index contributed by atoms with van der Waals surface area (Å²) in [5, 5.41) is 13.2. The Morgan fingerprint density at radius 1 is 0.881 bits per heavy atom. The van der Waals surface area contributed by atoms with E-state index in [4.69, 9.17) is 4.98 Å². The molecule has 42 heavy (non-hydrogen) atoms. The number of fused-ring (bicyclic) bond motifs is 6. The molecule has 2 aliphatic carbocycles. The smallest absolute Gasteiger partial charge is 0.145 e. The van der Waals surface area contributed by atoms with Gasteiger partial charge in [-0.3, -0.25) is 4.57 Å². The van der Waals surface area contributed by atoms with Crippen molar-refractivity contribution >= 4 is 50.2 Å². The van der Waals surface area contributed by atoms with E-state index >= 15 is 0 Å². The van der Waals surface area contributed by atoms with Gasteiger partial charge < -0.3 is 4.57 Å². The Morgan fingerprint density at radius 3 is 2.43 bits per heavy atom. The van der Waals surface area contributed by atoms with Crippen LogP contribution in [0.25, 0.3) is 50.2 Å². The highest BCUT2D eigenvalue weighted by atomic mass is 15.1. The van der Waals surface area contributed by atoms with Gasteiger partial charge >= 0.3 is 0 Å². The number of hydrogen-bond donors (Lipinski definition) is 0. The van der Waals surface area contributed by atoms with Crippen molar-refractivity contribution in [2.45, 2.75) is 32.2 Å². The van der Waals surface area contributed by atoms with Gasteiger partial charge in [0.25, 0.3) is 0 Å². The van der Waals surface area contributed by atoms with Crippen molar-refractivity contribution in [2.24, 2.45) is 5.92 Å². The minimum absolute atomic E-state index is 0.363. The molecule has 0 fully saturated rings. The van der Waals surface area contributed by atoms with Crippen LogP contribution in [-0.2, 0) is 12.0 Å². The van der Waals surface area contributed by atoms with Crippen molar-refractivity contribution < 1.29 is 0 Å². The zero-order valence-corrected chi connectivity index (χ0v) is 23.8. The number of aromatic nitrogens is 3. The van der Waals surface area contributed by atoms with E-state index in [9.17, 15) is 5.26 Å². The molecule has 2 aliphatic rings. The summed E-state index contributed by atoms with van der Waals surface area (Å²) in [5.41, 5.74) is 9.88. The standard InChI is InChI=1S/C38H30N4/c1-25-13-18-36-33(20-25)31-9-4-6-12-35(31)42(36)38(2)22-28(27-16-14-26(24-39)15-17-27)21-29(23-38)41-34-11-5-3-8-30(34)32-10-7-19-40-37(32)41/h3-19,21-22,25H,20,23H2,1-2H3. The van der Waals surface area contributed by atoms with Crippen molar-refractivity contribution in [3.63, 3.8) is 0 Å². The number of nitrogens with zero attached hydrogens (tertiary/aromatic N) is 4. The van der Waals surface area contributed by atoms with E-state index in [0.29, 0.717) is 11.5 Å². The summed E-state index contributed by atoms with van der Waals surface area (Å²) < 4.78 is 4.92. The Hall–Kier alpha value is -5.14. The molecule has 4 nitrogen and oxygen atoms in total. The van der Waals surface area contributed by atoms with Gasteiger partial charge in [-0.25, -0.2) is 4.98 Å². The summed E-state index contributed by atoms with van der Waals surface area (Å²) in [7, 11) is 0. The summed E-state index contributed by atoms with van der Waals surface area (Å²) in [5.74, 6) is 0.514. The van der Waals surface area contributed by atoms with Crippen molar-refractivity contribution in [3.05, 3.63) is 132 Å². The molecule has 0 radical (unpaired) electrons. The minimum atomic E-state index is -0.363. The molecule has 6 aromatic rings. The maximum atomic E-state index is 9.45. The van der Waals surface area contributed by atoms with Gasteiger partial charge in [0.2, 0.25) is 0 Å². The molecule has 4 heteroatoms. The first kappa shape index (κ1) is 24.6. The lowest BCUT2D eigenvalue weighted by atomic mass is 9.84. The van der Waals surface area contributed by atoms with Gasteiger partial charge in [0.05, 0.1) is 22.7 Å². The Balaban J connectivity index is 1.42. The Kier molecular flexibility index (Phi) is 5.39. The molecule has 0 aliphatic heterocycles. The number of nitriles is 1. The van der Waals surface area contributed by atoms with Crippen LogP contribution in [0.5, 0.6) is 0 Å². The number of benzene rings is 3. The van der Waals surface area contributed by atoms with E-state index in [2.05, 4.69) is 120 Å². The largest absolute Gasteiger partial charge is 0.331 e. The lowest BCUT2D eigenvalue weighted by molar-refractivity contribution is 0.424. The predicted molar refractivity (Wildman–Crippen MR) is 173 cm³/mol. The number of hydrogen-bond acceptors (Lipinski definition) is 2. The first-order chi connectivity index (χ1) is 20.5. The van der Waals surface area contributed by atoms with Crippen molar-refractivity contribution in [1.82, 2.24) is 14.1 Å². The second kappa shape index (κ2) is 9.19. The summed E-state index contributed by atoms with van der Waals surface area (Å²) in [6.45, 7) is 4.66. The molecule has 0 bridgehead atoms. The van der Waals surface area contributed by atoms with Gasteiger partial charge in [-0.05, 0) is 84.5 Å². The van der Waals surface area contributed by atoms with Gasteiger partial charge in [-0.15, -0.1) is 0 Å². The minimum Gasteiger partial charge on any atom is -0.331 e.